The number of aromatic nitrogens is 2. The molecule has 1 aromatic heterocycles. The first-order valence-electron chi connectivity index (χ1n) is 9.67. The summed E-state index contributed by atoms with van der Waals surface area (Å²) in [6, 6.07) is 10.2. The van der Waals surface area contributed by atoms with Crippen molar-refractivity contribution in [2.24, 2.45) is 11.8 Å². The number of nitrogens with one attached hydrogen (secondary N) is 3. The second-order valence-electron chi connectivity index (χ2n) is 7.35. The average molecular weight is 398 g/mol. The second kappa shape index (κ2) is 9.50. The van der Waals surface area contributed by atoms with Crippen molar-refractivity contribution in [3.8, 4) is 5.69 Å². The molecule has 0 spiro atoms. The molecule has 1 aromatic carbocycles. The van der Waals surface area contributed by atoms with E-state index in [9.17, 15) is 4.79 Å². The Morgan fingerprint density at radius 1 is 1.21 bits per heavy atom. The highest BCUT2D eigenvalue weighted by Gasteiger charge is 2.27. The molecule has 1 aliphatic rings. The van der Waals surface area contributed by atoms with Crippen LogP contribution >= 0.6 is 12.2 Å². The molecule has 7 heteroatoms. The Bertz CT molecular complexity index is 832. The van der Waals surface area contributed by atoms with Gasteiger partial charge in [0, 0.05) is 23.9 Å². The molecular formula is C21H27N5OS. The van der Waals surface area contributed by atoms with Crippen molar-refractivity contribution in [3.05, 3.63) is 54.4 Å². The van der Waals surface area contributed by atoms with Crippen LogP contribution in [0.25, 0.3) is 11.8 Å². The fourth-order valence-electron chi connectivity index (χ4n) is 3.47. The lowest BCUT2D eigenvalue weighted by Crippen LogP contribution is -2.52. The zero-order valence-corrected chi connectivity index (χ0v) is 17.1. The number of thiocarbonyl (C=S) groups is 1. The Balaban J connectivity index is 1.45. The highest BCUT2D eigenvalue weighted by atomic mass is 32.1. The molecule has 0 radical (unpaired) electrons. The molecule has 148 valence electrons. The highest BCUT2D eigenvalue weighted by Crippen LogP contribution is 2.29. The standard InChI is InChI=1S/C21H27N5OS/c1-15-7-6-10-19(16(15)2)23-21(28)25-24-20(27)12-11-17-13-22-26(14-17)18-8-4-3-5-9-18/h3-5,8-9,11-16,19H,6-7,10H2,1-2H3,(H,24,27)(H2,23,25,28)/b12-11+/t15-,16-,19+/m1/s1. The molecule has 3 atom stereocenters. The van der Waals surface area contributed by atoms with Gasteiger partial charge in [-0.3, -0.25) is 15.6 Å². The van der Waals surface area contributed by atoms with Crippen LogP contribution < -0.4 is 16.2 Å². The molecular weight excluding hydrogens is 370 g/mol. The summed E-state index contributed by atoms with van der Waals surface area (Å²) in [5.41, 5.74) is 7.19. The van der Waals surface area contributed by atoms with E-state index in [0.717, 1.165) is 17.7 Å². The number of benzene rings is 1. The minimum absolute atomic E-state index is 0.276. The first kappa shape index (κ1) is 20.1. The van der Waals surface area contributed by atoms with Gasteiger partial charge >= 0.3 is 0 Å². The van der Waals surface area contributed by atoms with E-state index < -0.39 is 0 Å². The Labute approximate surface area is 171 Å². The van der Waals surface area contributed by atoms with Crippen LogP contribution in [0.2, 0.25) is 0 Å². The molecule has 0 bridgehead atoms. The maximum Gasteiger partial charge on any atom is 0.262 e. The van der Waals surface area contributed by atoms with Gasteiger partial charge in [-0.05, 0) is 48.7 Å². The maximum absolute atomic E-state index is 12.0. The summed E-state index contributed by atoms with van der Waals surface area (Å²) in [6.45, 7) is 4.53. The molecule has 3 rings (SSSR count). The summed E-state index contributed by atoms with van der Waals surface area (Å²) in [4.78, 5) is 12.0. The van der Waals surface area contributed by atoms with E-state index >= 15 is 0 Å². The zero-order chi connectivity index (χ0) is 19.9. The van der Waals surface area contributed by atoms with Crippen molar-refractivity contribution < 1.29 is 4.79 Å². The predicted octanol–water partition coefficient (Wildman–Crippen LogP) is 3.21. The van der Waals surface area contributed by atoms with Gasteiger partial charge < -0.3 is 5.32 Å². The minimum atomic E-state index is -0.276. The van der Waals surface area contributed by atoms with Crippen LogP contribution in [0.5, 0.6) is 0 Å². The van der Waals surface area contributed by atoms with E-state index in [4.69, 9.17) is 12.2 Å². The van der Waals surface area contributed by atoms with Gasteiger partial charge in [0.1, 0.15) is 0 Å². The molecule has 1 fully saturated rings. The first-order chi connectivity index (χ1) is 13.5. The molecule has 28 heavy (non-hydrogen) atoms. The van der Waals surface area contributed by atoms with Crippen LogP contribution in [-0.4, -0.2) is 26.8 Å². The number of para-hydroxylation sites is 1. The van der Waals surface area contributed by atoms with E-state index in [0.29, 0.717) is 23.0 Å². The number of nitrogens with zero attached hydrogens (tertiary/aromatic N) is 2. The van der Waals surface area contributed by atoms with Crippen molar-refractivity contribution in [3.63, 3.8) is 0 Å². The molecule has 1 heterocycles. The number of hydrazine groups is 1. The van der Waals surface area contributed by atoms with E-state index in [1.165, 1.54) is 18.9 Å². The number of hydrogen-bond donors (Lipinski definition) is 3. The van der Waals surface area contributed by atoms with Crippen LogP contribution in [-0.2, 0) is 4.79 Å². The third-order valence-corrected chi connectivity index (χ3v) is 5.59. The van der Waals surface area contributed by atoms with Gasteiger partial charge in [0.2, 0.25) is 0 Å². The molecule has 1 amide bonds. The van der Waals surface area contributed by atoms with Gasteiger partial charge in [-0.1, -0.05) is 44.9 Å². The third kappa shape index (κ3) is 5.42. The van der Waals surface area contributed by atoms with Gasteiger partial charge in [-0.25, -0.2) is 4.68 Å². The van der Waals surface area contributed by atoms with E-state index in [1.54, 1.807) is 17.0 Å². The van der Waals surface area contributed by atoms with Gasteiger partial charge in [0.05, 0.1) is 11.9 Å². The Morgan fingerprint density at radius 2 is 2.00 bits per heavy atom. The number of amides is 1. The highest BCUT2D eigenvalue weighted by molar-refractivity contribution is 7.80. The third-order valence-electron chi connectivity index (χ3n) is 5.37. The molecule has 2 aromatic rings. The van der Waals surface area contributed by atoms with Crippen molar-refractivity contribution in [1.29, 1.82) is 0 Å². The lowest BCUT2D eigenvalue weighted by molar-refractivity contribution is -0.116. The van der Waals surface area contributed by atoms with Crippen molar-refractivity contribution in [2.45, 2.75) is 39.2 Å². The van der Waals surface area contributed by atoms with Gasteiger partial charge in [0.15, 0.2) is 5.11 Å². The Hall–Kier alpha value is -2.67. The smallest absolute Gasteiger partial charge is 0.262 e. The van der Waals surface area contributed by atoms with Crippen LogP contribution in [0.15, 0.2) is 48.8 Å². The normalized spacial score (nSPS) is 22.0. The number of carbonyl (C=O) groups is 1. The Morgan fingerprint density at radius 3 is 2.79 bits per heavy atom. The maximum atomic E-state index is 12.0. The second-order valence-corrected chi connectivity index (χ2v) is 7.76. The summed E-state index contributed by atoms with van der Waals surface area (Å²) in [5, 5.41) is 8.07. The number of hydrogen-bond acceptors (Lipinski definition) is 3. The van der Waals surface area contributed by atoms with Gasteiger partial charge in [-0.15, -0.1) is 0 Å². The Kier molecular flexibility index (Phi) is 6.81. The van der Waals surface area contributed by atoms with E-state index in [1.807, 2.05) is 36.5 Å². The monoisotopic (exact) mass is 397 g/mol. The molecule has 3 N–H and O–H groups in total. The summed E-state index contributed by atoms with van der Waals surface area (Å²) in [5.74, 6) is 0.968. The summed E-state index contributed by atoms with van der Waals surface area (Å²) in [7, 11) is 0. The summed E-state index contributed by atoms with van der Waals surface area (Å²) in [6.07, 6.45) is 10.3. The first-order valence-corrected chi connectivity index (χ1v) is 10.1. The van der Waals surface area contributed by atoms with Crippen LogP contribution in [0, 0.1) is 11.8 Å². The molecule has 0 unspecified atom stereocenters. The topological polar surface area (TPSA) is 71.0 Å². The number of rotatable bonds is 4. The number of carbonyl (C=O) groups excluding carboxylic acids is 1. The van der Waals surface area contributed by atoms with Crippen LogP contribution in [0.3, 0.4) is 0 Å². The summed E-state index contributed by atoms with van der Waals surface area (Å²) < 4.78 is 1.77. The molecule has 0 saturated heterocycles. The lowest BCUT2D eigenvalue weighted by Gasteiger charge is -2.35. The molecule has 1 saturated carbocycles. The van der Waals surface area contributed by atoms with Gasteiger partial charge in [0.25, 0.3) is 5.91 Å². The predicted molar refractivity (Wildman–Crippen MR) is 116 cm³/mol. The minimum Gasteiger partial charge on any atom is -0.358 e. The van der Waals surface area contributed by atoms with Crippen LogP contribution in [0.1, 0.15) is 38.7 Å². The zero-order valence-electron chi connectivity index (χ0n) is 16.3. The van der Waals surface area contributed by atoms with E-state index in [2.05, 4.69) is 35.1 Å². The summed E-state index contributed by atoms with van der Waals surface area (Å²) >= 11 is 5.31. The van der Waals surface area contributed by atoms with E-state index in [-0.39, 0.29) is 5.91 Å². The van der Waals surface area contributed by atoms with Crippen molar-refractivity contribution in [2.75, 3.05) is 0 Å². The fraction of sp³-hybridized carbons (Fsp3) is 0.381. The SMILES string of the molecule is C[C@@H]1[C@H](C)CCC[C@@H]1NC(=S)NNC(=O)/C=C/c1cnn(-c2ccccc2)c1. The molecule has 6 nitrogen and oxygen atoms in total. The fourth-order valence-corrected chi connectivity index (χ4v) is 3.67. The van der Waals surface area contributed by atoms with Gasteiger partial charge in [-0.2, -0.15) is 5.10 Å². The molecule has 1 aliphatic carbocycles. The van der Waals surface area contributed by atoms with Crippen molar-refractivity contribution in [1.82, 2.24) is 25.9 Å². The quantitative estimate of drug-likeness (QED) is 0.420. The van der Waals surface area contributed by atoms with Crippen molar-refractivity contribution >= 4 is 29.3 Å². The molecule has 0 aliphatic heterocycles. The lowest BCUT2D eigenvalue weighted by atomic mass is 9.78. The van der Waals surface area contributed by atoms with Crippen LogP contribution in [0.4, 0.5) is 0 Å². The average Bonchev–Trinajstić information content (AvgIpc) is 3.18. The largest absolute Gasteiger partial charge is 0.358 e.